The van der Waals surface area contributed by atoms with E-state index in [1.54, 1.807) is 0 Å². The summed E-state index contributed by atoms with van der Waals surface area (Å²) in [5.41, 5.74) is 1.34. The summed E-state index contributed by atoms with van der Waals surface area (Å²) in [6.07, 6.45) is 6.10. The molecule has 0 saturated carbocycles. The van der Waals surface area contributed by atoms with Gasteiger partial charge in [-0.05, 0) is 31.0 Å². The van der Waals surface area contributed by atoms with Crippen LogP contribution in [0, 0.1) is 0 Å². The maximum atomic E-state index is 11.5. The predicted molar refractivity (Wildman–Crippen MR) is 82.3 cm³/mol. The molecule has 1 atom stereocenters. The van der Waals surface area contributed by atoms with Crippen LogP contribution in [0.4, 0.5) is 0 Å². The fourth-order valence-corrected chi connectivity index (χ4v) is 2.76. The zero-order chi connectivity index (χ0) is 14.2. The molecule has 1 fully saturated rings. The third-order valence-corrected chi connectivity index (χ3v) is 3.79. The van der Waals surface area contributed by atoms with Gasteiger partial charge in [-0.2, -0.15) is 0 Å². The third-order valence-electron chi connectivity index (χ3n) is 3.79. The topological polar surface area (TPSA) is 32.3 Å². The molecule has 1 amide bonds. The molecule has 108 valence electrons. The number of likely N-dealkylation sites (tertiary alicyclic amines) is 1. The van der Waals surface area contributed by atoms with Gasteiger partial charge in [0.25, 0.3) is 0 Å². The van der Waals surface area contributed by atoms with Crippen LogP contribution in [0.15, 0.2) is 43.0 Å². The van der Waals surface area contributed by atoms with Crippen molar-refractivity contribution in [3.63, 3.8) is 0 Å². The van der Waals surface area contributed by atoms with Crippen LogP contribution < -0.4 is 5.32 Å². The maximum absolute atomic E-state index is 11.5. The van der Waals surface area contributed by atoms with Gasteiger partial charge in [-0.1, -0.05) is 49.8 Å². The Morgan fingerprint density at radius 1 is 1.30 bits per heavy atom. The predicted octanol–water partition coefficient (Wildman–Crippen LogP) is 2.73. The van der Waals surface area contributed by atoms with Gasteiger partial charge in [-0.3, -0.25) is 9.69 Å². The maximum Gasteiger partial charge on any atom is 0.243 e. The lowest BCUT2D eigenvalue weighted by atomic mass is 10.0. The van der Waals surface area contributed by atoms with Gasteiger partial charge in [0.05, 0.1) is 0 Å². The first-order chi connectivity index (χ1) is 9.78. The van der Waals surface area contributed by atoms with Gasteiger partial charge in [-0.15, -0.1) is 0 Å². The molecule has 1 aliphatic heterocycles. The normalized spacial score (nSPS) is 20.7. The molecule has 0 aliphatic carbocycles. The zero-order valence-electron chi connectivity index (χ0n) is 12.1. The second kappa shape index (κ2) is 7.85. The third kappa shape index (κ3) is 4.82. The summed E-state index contributed by atoms with van der Waals surface area (Å²) in [6, 6.07) is 10.8. The van der Waals surface area contributed by atoms with Crippen LogP contribution in [0.25, 0.3) is 0 Å². The Hall–Kier alpha value is -1.61. The minimum atomic E-state index is -0.0600. The van der Waals surface area contributed by atoms with E-state index in [4.69, 9.17) is 0 Å². The molecule has 1 heterocycles. The van der Waals surface area contributed by atoms with E-state index in [9.17, 15) is 4.79 Å². The molecule has 1 aliphatic rings. The SMILES string of the molecule is C=CC(=O)NC1CCCCCN(Cc2ccccc2)C1. The number of nitrogens with zero attached hydrogens (tertiary/aromatic N) is 1. The Bertz CT molecular complexity index is 430. The van der Waals surface area contributed by atoms with Crippen molar-refractivity contribution in [3.8, 4) is 0 Å². The molecule has 1 aromatic carbocycles. The Balaban J connectivity index is 1.95. The van der Waals surface area contributed by atoms with Crippen molar-refractivity contribution in [1.82, 2.24) is 10.2 Å². The largest absolute Gasteiger partial charge is 0.349 e. The lowest BCUT2D eigenvalue weighted by molar-refractivity contribution is -0.117. The number of amides is 1. The lowest BCUT2D eigenvalue weighted by Crippen LogP contribution is -2.44. The summed E-state index contributed by atoms with van der Waals surface area (Å²) in [5.74, 6) is -0.0600. The van der Waals surface area contributed by atoms with E-state index in [-0.39, 0.29) is 11.9 Å². The molecule has 0 spiro atoms. The highest BCUT2D eigenvalue weighted by atomic mass is 16.1. The van der Waals surface area contributed by atoms with Crippen LogP contribution in [0.1, 0.15) is 31.2 Å². The van der Waals surface area contributed by atoms with Gasteiger partial charge in [0, 0.05) is 19.1 Å². The number of rotatable bonds is 4. The number of nitrogens with one attached hydrogen (secondary N) is 1. The first kappa shape index (κ1) is 14.8. The Morgan fingerprint density at radius 2 is 2.10 bits per heavy atom. The van der Waals surface area contributed by atoms with Crippen LogP contribution in [-0.2, 0) is 11.3 Å². The van der Waals surface area contributed by atoms with E-state index in [0.29, 0.717) is 0 Å². The van der Waals surface area contributed by atoms with Crippen LogP contribution in [0.3, 0.4) is 0 Å². The Morgan fingerprint density at radius 3 is 2.85 bits per heavy atom. The van der Waals surface area contributed by atoms with Crippen molar-refractivity contribution in [3.05, 3.63) is 48.6 Å². The van der Waals surface area contributed by atoms with E-state index in [0.717, 1.165) is 26.1 Å². The zero-order valence-corrected chi connectivity index (χ0v) is 12.1. The van der Waals surface area contributed by atoms with E-state index in [1.807, 2.05) is 6.07 Å². The summed E-state index contributed by atoms with van der Waals surface area (Å²) >= 11 is 0. The van der Waals surface area contributed by atoms with Crippen molar-refractivity contribution in [2.45, 2.75) is 38.3 Å². The van der Waals surface area contributed by atoms with Gasteiger partial charge in [0.2, 0.25) is 5.91 Å². The minimum absolute atomic E-state index is 0.0600. The van der Waals surface area contributed by atoms with E-state index < -0.39 is 0 Å². The molecule has 0 aromatic heterocycles. The monoisotopic (exact) mass is 272 g/mol. The second-order valence-corrected chi connectivity index (χ2v) is 5.48. The van der Waals surface area contributed by atoms with E-state index >= 15 is 0 Å². The number of hydrogen-bond acceptors (Lipinski definition) is 2. The molecule has 1 saturated heterocycles. The minimum Gasteiger partial charge on any atom is -0.349 e. The summed E-state index contributed by atoms with van der Waals surface area (Å²) in [7, 11) is 0. The number of hydrogen-bond donors (Lipinski definition) is 1. The van der Waals surface area contributed by atoms with Crippen molar-refractivity contribution in [1.29, 1.82) is 0 Å². The van der Waals surface area contributed by atoms with E-state index in [2.05, 4.69) is 41.1 Å². The molecule has 20 heavy (non-hydrogen) atoms. The molecule has 3 nitrogen and oxygen atoms in total. The van der Waals surface area contributed by atoms with Gasteiger partial charge < -0.3 is 5.32 Å². The van der Waals surface area contributed by atoms with Crippen molar-refractivity contribution >= 4 is 5.91 Å². The van der Waals surface area contributed by atoms with E-state index in [1.165, 1.54) is 30.9 Å². The fraction of sp³-hybridized carbons (Fsp3) is 0.471. The van der Waals surface area contributed by atoms with Crippen LogP contribution in [0.5, 0.6) is 0 Å². The molecule has 1 unspecified atom stereocenters. The summed E-state index contributed by atoms with van der Waals surface area (Å²) < 4.78 is 0. The Kier molecular flexibility index (Phi) is 5.81. The van der Waals surface area contributed by atoms with Crippen molar-refractivity contribution in [2.75, 3.05) is 13.1 Å². The second-order valence-electron chi connectivity index (χ2n) is 5.48. The Labute approximate surface area is 121 Å². The molecule has 3 heteroatoms. The van der Waals surface area contributed by atoms with Gasteiger partial charge in [0.15, 0.2) is 0 Å². The summed E-state index contributed by atoms with van der Waals surface area (Å²) in [6.45, 7) is 6.52. The van der Waals surface area contributed by atoms with Gasteiger partial charge in [0.1, 0.15) is 0 Å². The number of carbonyl (C=O) groups is 1. The quantitative estimate of drug-likeness (QED) is 0.855. The summed E-state index contributed by atoms with van der Waals surface area (Å²) in [5, 5.41) is 3.05. The van der Waals surface area contributed by atoms with Crippen molar-refractivity contribution < 1.29 is 4.79 Å². The molecular formula is C17H24N2O. The highest BCUT2D eigenvalue weighted by Crippen LogP contribution is 2.14. The average molecular weight is 272 g/mol. The van der Waals surface area contributed by atoms with Crippen LogP contribution in [0.2, 0.25) is 0 Å². The smallest absolute Gasteiger partial charge is 0.243 e. The molecule has 1 N–H and O–H groups in total. The number of benzene rings is 1. The molecule has 1 aromatic rings. The molecule has 0 bridgehead atoms. The van der Waals surface area contributed by atoms with Crippen LogP contribution >= 0.6 is 0 Å². The molecular weight excluding hydrogens is 248 g/mol. The first-order valence-electron chi connectivity index (χ1n) is 7.47. The lowest BCUT2D eigenvalue weighted by Gasteiger charge is -2.30. The van der Waals surface area contributed by atoms with Crippen LogP contribution in [-0.4, -0.2) is 29.9 Å². The fourth-order valence-electron chi connectivity index (χ4n) is 2.76. The first-order valence-corrected chi connectivity index (χ1v) is 7.47. The molecule has 0 radical (unpaired) electrons. The van der Waals surface area contributed by atoms with Gasteiger partial charge >= 0.3 is 0 Å². The number of carbonyl (C=O) groups excluding carboxylic acids is 1. The highest BCUT2D eigenvalue weighted by molar-refractivity contribution is 5.87. The van der Waals surface area contributed by atoms with Gasteiger partial charge in [-0.25, -0.2) is 0 Å². The average Bonchev–Trinajstić information content (AvgIpc) is 2.44. The highest BCUT2D eigenvalue weighted by Gasteiger charge is 2.18. The summed E-state index contributed by atoms with van der Waals surface area (Å²) in [4.78, 5) is 13.9. The van der Waals surface area contributed by atoms with Crippen molar-refractivity contribution in [2.24, 2.45) is 0 Å². The molecule has 2 rings (SSSR count). The standard InChI is InChI=1S/C17H24N2O/c1-2-17(20)18-16-11-7-4-8-12-19(14-16)13-15-9-5-3-6-10-15/h2-3,5-6,9-10,16H,1,4,7-8,11-14H2,(H,18,20).